The molecule has 0 aliphatic carbocycles. The minimum absolute atomic E-state index is 0.150. The Balaban J connectivity index is 1.41. The van der Waals surface area contributed by atoms with Gasteiger partial charge in [0.15, 0.2) is 12.1 Å². The number of anilines is 1. The monoisotopic (exact) mass is 554 g/mol. The van der Waals surface area contributed by atoms with E-state index in [9.17, 15) is 9.59 Å². The van der Waals surface area contributed by atoms with Crippen molar-refractivity contribution in [3.63, 3.8) is 0 Å². The zero-order valence-electron chi connectivity index (χ0n) is 23.0. The summed E-state index contributed by atoms with van der Waals surface area (Å²) in [6.07, 6.45) is 0.0195. The van der Waals surface area contributed by atoms with Crippen LogP contribution < -0.4 is 10.6 Å². The standard InChI is InChI=1S/C29H35ClN4O5/c1-6-23-18(2)22-13-21(11-12-24(22)39-23)31-25-32-26(35)34(15-29(5)16-37-28(3,4)38-17-29)27(36)33(25)14-19-7-9-20(30)10-8-19/h7-13,25,31H,6,14-17H2,1-5H3,(H,32,35). The fraction of sp³-hybridized carbons (Fsp3) is 0.448. The third-order valence-corrected chi connectivity index (χ3v) is 7.55. The third-order valence-electron chi connectivity index (χ3n) is 7.30. The van der Waals surface area contributed by atoms with Crippen molar-refractivity contribution in [3.8, 4) is 0 Å². The number of amides is 4. The molecule has 39 heavy (non-hydrogen) atoms. The Morgan fingerprint density at radius 2 is 1.77 bits per heavy atom. The van der Waals surface area contributed by atoms with Crippen molar-refractivity contribution in [3.05, 3.63) is 64.4 Å². The number of nitrogens with one attached hydrogen (secondary N) is 2. The number of rotatable bonds is 7. The lowest BCUT2D eigenvalue weighted by Gasteiger charge is -2.46. The van der Waals surface area contributed by atoms with Crippen molar-refractivity contribution in [1.29, 1.82) is 0 Å². The molecule has 2 aliphatic rings. The zero-order valence-corrected chi connectivity index (χ0v) is 23.7. The predicted octanol–water partition coefficient (Wildman–Crippen LogP) is 6.09. The van der Waals surface area contributed by atoms with Crippen molar-refractivity contribution >= 4 is 40.3 Å². The van der Waals surface area contributed by atoms with Crippen LogP contribution in [0.5, 0.6) is 0 Å². The SMILES string of the molecule is CCc1oc2ccc(NC3NC(=O)N(CC4(C)COC(C)(C)OC4)C(=O)N3Cc3ccc(Cl)cc3)cc2c1C. The van der Waals surface area contributed by atoms with Gasteiger partial charge in [0.1, 0.15) is 11.3 Å². The Hall–Kier alpha value is -3.27. The molecule has 0 saturated carbocycles. The second kappa shape index (κ2) is 10.4. The summed E-state index contributed by atoms with van der Waals surface area (Å²) in [6.45, 7) is 10.9. The number of nitrogens with zero attached hydrogens (tertiary/aromatic N) is 2. The molecule has 3 heterocycles. The van der Waals surface area contributed by atoms with E-state index >= 15 is 0 Å². The van der Waals surface area contributed by atoms with Gasteiger partial charge >= 0.3 is 12.1 Å². The summed E-state index contributed by atoms with van der Waals surface area (Å²) >= 11 is 6.09. The van der Waals surface area contributed by atoms with Gasteiger partial charge in [-0.1, -0.05) is 37.6 Å². The summed E-state index contributed by atoms with van der Waals surface area (Å²) in [4.78, 5) is 30.0. The van der Waals surface area contributed by atoms with Crippen LogP contribution in [0.1, 0.15) is 44.6 Å². The molecule has 2 saturated heterocycles. The number of hydrogen-bond acceptors (Lipinski definition) is 6. The normalized spacial score (nSPS) is 20.8. The van der Waals surface area contributed by atoms with Crippen LogP contribution in [0, 0.1) is 12.3 Å². The Bertz CT molecular complexity index is 1380. The molecule has 208 valence electrons. The topological polar surface area (TPSA) is 96.3 Å². The first-order valence-electron chi connectivity index (χ1n) is 13.2. The maximum absolute atomic E-state index is 13.9. The minimum atomic E-state index is -0.780. The fourth-order valence-electron chi connectivity index (χ4n) is 4.93. The van der Waals surface area contributed by atoms with E-state index < -0.39 is 29.6 Å². The molecule has 9 nitrogen and oxygen atoms in total. The van der Waals surface area contributed by atoms with Crippen LogP contribution in [0.4, 0.5) is 15.3 Å². The Morgan fingerprint density at radius 1 is 1.08 bits per heavy atom. The molecule has 2 fully saturated rings. The van der Waals surface area contributed by atoms with E-state index in [1.807, 2.05) is 58.0 Å². The van der Waals surface area contributed by atoms with Crippen molar-refractivity contribution in [1.82, 2.24) is 15.1 Å². The second-order valence-electron chi connectivity index (χ2n) is 11.1. The van der Waals surface area contributed by atoms with Gasteiger partial charge in [-0.2, -0.15) is 0 Å². The summed E-state index contributed by atoms with van der Waals surface area (Å²) in [5.41, 5.74) is 2.97. The summed E-state index contributed by atoms with van der Waals surface area (Å²) < 4.78 is 17.6. The molecule has 0 bridgehead atoms. The van der Waals surface area contributed by atoms with E-state index in [4.69, 9.17) is 25.5 Å². The molecule has 1 unspecified atom stereocenters. The van der Waals surface area contributed by atoms with Crippen LogP contribution >= 0.6 is 11.6 Å². The molecule has 2 N–H and O–H groups in total. The first-order valence-corrected chi connectivity index (χ1v) is 13.5. The Kier molecular flexibility index (Phi) is 7.26. The number of aryl methyl sites for hydroxylation is 2. The Morgan fingerprint density at radius 3 is 2.44 bits per heavy atom. The fourth-order valence-corrected chi connectivity index (χ4v) is 5.06. The molecular formula is C29H35ClN4O5. The molecule has 0 spiro atoms. The third kappa shape index (κ3) is 5.71. The average Bonchev–Trinajstić information content (AvgIpc) is 3.22. The van der Waals surface area contributed by atoms with E-state index in [1.54, 1.807) is 17.0 Å². The molecule has 2 aromatic carbocycles. The highest BCUT2D eigenvalue weighted by Crippen LogP contribution is 2.32. The maximum Gasteiger partial charge on any atom is 0.331 e. The number of halogens is 1. The predicted molar refractivity (Wildman–Crippen MR) is 149 cm³/mol. The lowest BCUT2D eigenvalue weighted by Crippen LogP contribution is -2.68. The molecule has 1 aromatic heterocycles. The van der Waals surface area contributed by atoms with Gasteiger partial charge in [0.05, 0.1) is 19.8 Å². The quantitative estimate of drug-likeness (QED) is 0.367. The van der Waals surface area contributed by atoms with Gasteiger partial charge in [-0.15, -0.1) is 0 Å². The highest BCUT2D eigenvalue weighted by molar-refractivity contribution is 6.30. The van der Waals surface area contributed by atoms with Crippen molar-refractivity contribution in [2.45, 2.75) is 59.7 Å². The molecule has 3 aromatic rings. The molecule has 1 atom stereocenters. The second-order valence-corrected chi connectivity index (χ2v) is 11.6. The van der Waals surface area contributed by atoms with Gasteiger partial charge in [-0.05, 0) is 62.2 Å². The van der Waals surface area contributed by atoms with Crippen LogP contribution in [0.15, 0.2) is 46.9 Å². The lowest BCUT2D eigenvalue weighted by atomic mass is 9.91. The van der Waals surface area contributed by atoms with Crippen LogP contribution in [-0.4, -0.2) is 53.7 Å². The molecular weight excluding hydrogens is 520 g/mol. The van der Waals surface area contributed by atoms with Crippen molar-refractivity contribution < 1.29 is 23.5 Å². The first kappa shape index (κ1) is 27.3. The smallest absolute Gasteiger partial charge is 0.331 e. The summed E-state index contributed by atoms with van der Waals surface area (Å²) in [5.74, 6) is 0.242. The van der Waals surface area contributed by atoms with Crippen LogP contribution in [-0.2, 0) is 22.4 Å². The van der Waals surface area contributed by atoms with Crippen molar-refractivity contribution in [2.24, 2.45) is 5.41 Å². The Labute approximate surface area is 233 Å². The molecule has 10 heteroatoms. The number of carbonyl (C=O) groups excluding carboxylic acids is 2. The number of hydrogen-bond donors (Lipinski definition) is 2. The van der Waals surface area contributed by atoms with Gasteiger partial charge in [0.2, 0.25) is 0 Å². The maximum atomic E-state index is 13.9. The van der Waals surface area contributed by atoms with Gasteiger partial charge in [0.25, 0.3) is 0 Å². The lowest BCUT2D eigenvalue weighted by molar-refractivity contribution is -0.282. The molecule has 0 radical (unpaired) electrons. The zero-order chi connectivity index (χ0) is 27.9. The van der Waals surface area contributed by atoms with Gasteiger partial charge in [-0.25, -0.2) is 14.5 Å². The molecule has 2 aliphatic heterocycles. The van der Waals surface area contributed by atoms with Crippen LogP contribution in [0.25, 0.3) is 11.0 Å². The molecule has 5 rings (SSSR count). The number of imide groups is 1. The van der Waals surface area contributed by atoms with E-state index in [-0.39, 0.29) is 13.1 Å². The van der Waals surface area contributed by atoms with Gasteiger partial charge < -0.3 is 19.2 Å². The number of furan rings is 1. The number of fused-ring (bicyclic) bond motifs is 1. The summed E-state index contributed by atoms with van der Waals surface area (Å²) in [5, 5.41) is 7.92. The number of ether oxygens (including phenoxy) is 2. The van der Waals surface area contributed by atoms with E-state index in [0.29, 0.717) is 18.2 Å². The van der Waals surface area contributed by atoms with Gasteiger partial charge in [-0.3, -0.25) is 10.2 Å². The van der Waals surface area contributed by atoms with E-state index in [1.165, 1.54) is 4.90 Å². The number of benzene rings is 2. The minimum Gasteiger partial charge on any atom is -0.461 e. The van der Waals surface area contributed by atoms with Crippen molar-refractivity contribution in [2.75, 3.05) is 25.1 Å². The average molecular weight is 555 g/mol. The molecule has 4 amide bonds. The first-order chi connectivity index (χ1) is 18.5. The highest BCUT2D eigenvalue weighted by Gasteiger charge is 2.44. The number of carbonyl (C=O) groups is 2. The largest absolute Gasteiger partial charge is 0.461 e. The van der Waals surface area contributed by atoms with E-state index in [0.717, 1.165) is 40.0 Å². The van der Waals surface area contributed by atoms with Crippen LogP contribution in [0.3, 0.4) is 0 Å². The van der Waals surface area contributed by atoms with E-state index in [2.05, 4.69) is 17.6 Å². The summed E-state index contributed by atoms with van der Waals surface area (Å²) in [6, 6.07) is 12.2. The number of urea groups is 2. The van der Waals surface area contributed by atoms with Gasteiger partial charge in [0, 0.05) is 34.5 Å². The van der Waals surface area contributed by atoms with Crippen LogP contribution in [0.2, 0.25) is 5.02 Å². The highest BCUT2D eigenvalue weighted by atomic mass is 35.5. The summed E-state index contributed by atoms with van der Waals surface area (Å²) in [7, 11) is 0.